The normalized spacial score (nSPS) is 20.4. The van der Waals surface area contributed by atoms with E-state index in [0.717, 1.165) is 56.9 Å². The minimum Gasteiger partial charge on any atom is -0.369 e. The number of piperazine rings is 1. The second-order valence-corrected chi connectivity index (χ2v) is 8.95. The summed E-state index contributed by atoms with van der Waals surface area (Å²) >= 11 is 0. The molecule has 162 valence electrons. The zero-order chi connectivity index (χ0) is 21.4. The first-order chi connectivity index (χ1) is 15.1. The first-order valence-electron chi connectivity index (χ1n) is 11.4. The molecule has 0 aliphatic carbocycles. The predicted molar refractivity (Wildman–Crippen MR) is 124 cm³/mol. The standard InChI is InChI=1S/C25H31N5O/c1-19-9-11-29-18-22(26-24(29)16-19)25(31)30-10-5-7-21(17-30)27-12-14-28(15-13-27)23-8-4-3-6-20(23)2/h3-4,6,8-9,11,16,18,21H,5,7,10,12-15,17H2,1-2H3/t21-/m1/s1. The van der Waals surface area contributed by atoms with E-state index in [-0.39, 0.29) is 5.91 Å². The van der Waals surface area contributed by atoms with E-state index in [0.29, 0.717) is 11.7 Å². The second kappa shape index (κ2) is 8.35. The molecule has 2 fully saturated rings. The number of benzene rings is 1. The van der Waals surface area contributed by atoms with Crippen molar-refractivity contribution in [1.82, 2.24) is 19.2 Å². The van der Waals surface area contributed by atoms with Crippen LogP contribution in [0.15, 0.2) is 48.8 Å². The molecule has 2 aliphatic heterocycles. The van der Waals surface area contributed by atoms with Crippen molar-refractivity contribution >= 4 is 17.2 Å². The fraction of sp³-hybridized carbons (Fsp3) is 0.440. The number of hydrogen-bond acceptors (Lipinski definition) is 4. The summed E-state index contributed by atoms with van der Waals surface area (Å²) in [5.74, 6) is 0.0598. The number of hydrogen-bond donors (Lipinski definition) is 0. The van der Waals surface area contributed by atoms with Crippen LogP contribution in [0.1, 0.15) is 34.5 Å². The Morgan fingerprint density at radius 3 is 2.65 bits per heavy atom. The Morgan fingerprint density at radius 2 is 1.84 bits per heavy atom. The van der Waals surface area contributed by atoms with Gasteiger partial charge in [0.05, 0.1) is 0 Å². The summed E-state index contributed by atoms with van der Waals surface area (Å²) in [6, 6.07) is 13.1. The van der Waals surface area contributed by atoms with Gasteiger partial charge in [-0.2, -0.15) is 0 Å². The summed E-state index contributed by atoms with van der Waals surface area (Å²) < 4.78 is 1.94. The summed E-state index contributed by atoms with van der Waals surface area (Å²) in [5, 5.41) is 0. The fourth-order valence-corrected chi connectivity index (χ4v) is 5.03. The van der Waals surface area contributed by atoms with Crippen molar-refractivity contribution in [2.24, 2.45) is 0 Å². The lowest BCUT2D eigenvalue weighted by Crippen LogP contribution is -2.56. The third-order valence-corrected chi connectivity index (χ3v) is 6.81. The smallest absolute Gasteiger partial charge is 0.274 e. The third-order valence-electron chi connectivity index (χ3n) is 6.81. The molecule has 0 bridgehead atoms. The molecule has 0 saturated carbocycles. The van der Waals surface area contributed by atoms with Crippen LogP contribution < -0.4 is 4.90 Å². The van der Waals surface area contributed by atoms with E-state index in [4.69, 9.17) is 0 Å². The molecule has 4 heterocycles. The van der Waals surface area contributed by atoms with Crippen LogP contribution in [0.25, 0.3) is 5.65 Å². The maximum Gasteiger partial charge on any atom is 0.274 e. The highest BCUT2D eigenvalue weighted by Gasteiger charge is 2.31. The van der Waals surface area contributed by atoms with Gasteiger partial charge in [0, 0.05) is 63.4 Å². The van der Waals surface area contributed by atoms with Crippen molar-refractivity contribution in [3.63, 3.8) is 0 Å². The summed E-state index contributed by atoms with van der Waals surface area (Å²) in [7, 11) is 0. The number of piperidine rings is 1. The quantitative estimate of drug-likeness (QED) is 0.655. The van der Waals surface area contributed by atoms with Crippen LogP contribution in [0.5, 0.6) is 0 Å². The number of likely N-dealkylation sites (tertiary alicyclic amines) is 1. The van der Waals surface area contributed by atoms with E-state index < -0.39 is 0 Å². The molecular formula is C25H31N5O. The lowest BCUT2D eigenvalue weighted by atomic mass is 10.0. The number of carbonyl (C=O) groups excluding carboxylic acids is 1. The van der Waals surface area contributed by atoms with Gasteiger partial charge < -0.3 is 14.2 Å². The minimum absolute atomic E-state index is 0.0598. The maximum atomic E-state index is 13.2. The SMILES string of the molecule is Cc1ccn2cc(C(=O)N3CCC[C@@H](N4CCN(c5ccccc5C)CC4)C3)nc2c1. The number of amides is 1. The molecule has 1 atom stereocenters. The Hall–Kier alpha value is -2.86. The lowest BCUT2D eigenvalue weighted by Gasteiger charge is -2.44. The number of imidazole rings is 1. The Labute approximate surface area is 184 Å². The van der Waals surface area contributed by atoms with Crippen LogP contribution in [-0.2, 0) is 0 Å². The van der Waals surface area contributed by atoms with Gasteiger partial charge >= 0.3 is 0 Å². The van der Waals surface area contributed by atoms with Crippen molar-refractivity contribution in [1.29, 1.82) is 0 Å². The molecule has 2 aliphatic rings. The van der Waals surface area contributed by atoms with Gasteiger partial charge in [-0.15, -0.1) is 0 Å². The van der Waals surface area contributed by atoms with Crippen LogP contribution in [0.4, 0.5) is 5.69 Å². The van der Waals surface area contributed by atoms with Gasteiger partial charge in [0.2, 0.25) is 0 Å². The van der Waals surface area contributed by atoms with Crippen LogP contribution >= 0.6 is 0 Å². The first kappa shape index (κ1) is 20.1. The van der Waals surface area contributed by atoms with Gasteiger partial charge in [0.15, 0.2) is 0 Å². The molecular weight excluding hydrogens is 386 g/mol. The van der Waals surface area contributed by atoms with Gasteiger partial charge in [-0.3, -0.25) is 9.69 Å². The molecule has 0 unspecified atom stereocenters. The van der Waals surface area contributed by atoms with Crippen molar-refractivity contribution in [3.05, 3.63) is 65.6 Å². The number of fused-ring (bicyclic) bond motifs is 1. The number of nitrogens with zero attached hydrogens (tertiary/aromatic N) is 5. The molecule has 6 heteroatoms. The zero-order valence-corrected chi connectivity index (χ0v) is 18.5. The van der Waals surface area contributed by atoms with Gasteiger partial charge in [-0.1, -0.05) is 18.2 Å². The molecule has 2 saturated heterocycles. The number of carbonyl (C=O) groups is 1. The van der Waals surface area contributed by atoms with E-state index in [1.807, 2.05) is 40.8 Å². The van der Waals surface area contributed by atoms with Gasteiger partial charge in [0.25, 0.3) is 5.91 Å². The number of aromatic nitrogens is 2. The average molecular weight is 418 g/mol. The highest BCUT2D eigenvalue weighted by Crippen LogP contribution is 2.24. The summed E-state index contributed by atoms with van der Waals surface area (Å²) in [6.45, 7) is 10.0. The van der Waals surface area contributed by atoms with E-state index in [9.17, 15) is 4.79 Å². The van der Waals surface area contributed by atoms with Crippen LogP contribution in [0.2, 0.25) is 0 Å². The molecule has 0 spiro atoms. The monoisotopic (exact) mass is 417 g/mol. The van der Waals surface area contributed by atoms with Gasteiger partial charge in [-0.25, -0.2) is 4.98 Å². The molecule has 0 radical (unpaired) electrons. The number of para-hydroxylation sites is 1. The molecule has 31 heavy (non-hydrogen) atoms. The Bertz CT molecular complexity index is 1080. The number of pyridine rings is 1. The minimum atomic E-state index is 0.0598. The maximum absolute atomic E-state index is 13.2. The van der Waals surface area contributed by atoms with Crippen molar-refractivity contribution in [2.75, 3.05) is 44.2 Å². The number of rotatable bonds is 3. The van der Waals surface area contributed by atoms with E-state index in [1.54, 1.807) is 0 Å². The lowest BCUT2D eigenvalue weighted by molar-refractivity contribution is 0.0559. The molecule has 3 aromatic rings. The molecule has 6 nitrogen and oxygen atoms in total. The van der Waals surface area contributed by atoms with E-state index in [2.05, 4.69) is 46.0 Å². The number of aryl methyl sites for hydroxylation is 2. The van der Waals surface area contributed by atoms with Crippen molar-refractivity contribution in [3.8, 4) is 0 Å². The van der Waals surface area contributed by atoms with Crippen LogP contribution in [-0.4, -0.2) is 70.4 Å². The number of anilines is 1. The highest BCUT2D eigenvalue weighted by atomic mass is 16.2. The first-order valence-corrected chi connectivity index (χ1v) is 11.4. The largest absolute Gasteiger partial charge is 0.369 e. The van der Waals surface area contributed by atoms with Crippen molar-refractivity contribution in [2.45, 2.75) is 32.7 Å². The van der Waals surface area contributed by atoms with Gasteiger partial charge in [0.1, 0.15) is 11.3 Å². The van der Waals surface area contributed by atoms with E-state index in [1.165, 1.54) is 17.7 Å². The summed E-state index contributed by atoms with van der Waals surface area (Å²) in [4.78, 5) is 24.9. The fourth-order valence-electron chi connectivity index (χ4n) is 5.03. The highest BCUT2D eigenvalue weighted by molar-refractivity contribution is 5.93. The van der Waals surface area contributed by atoms with Crippen LogP contribution in [0.3, 0.4) is 0 Å². The molecule has 5 rings (SSSR count). The molecule has 0 N–H and O–H groups in total. The Balaban J connectivity index is 1.23. The second-order valence-electron chi connectivity index (χ2n) is 8.95. The Morgan fingerprint density at radius 1 is 1.03 bits per heavy atom. The topological polar surface area (TPSA) is 44.1 Å². The van der Waals surface area contributed by atoms with Crippen LogP contribution in [0, 0.1) is 13.8 Å². The Kier molecular flexibility index (Phi) is 5.40. The molecule has 2 aromatic heterocycles. The summed E-state index contributed by atoms with van der Waals surface area (Å²) in [5.41, 5.74) is 5.23. The van der Waals surface area contributed by atoms with E-state index >= 15 is 0 Å². The average Bonchev–Trinajstić information content (AvgIpc) is 3.22. The summed E-state index contributed by atoms with van der Waals surface area (Å²) in [6.07, 6.45) is 6.06. The predicted octanol–water partition coefficient (Wildman–Crippen LogP) is 3.38. The van der Waals surface area contributed by atoms with Gasteiger partial charge in [-0.05, 0) is 56.0 Å². The molecule has 1 aromatic carbocycles. The van der Waals surface area contributed by atoms with Crippen molar-refractivity contribution < 1.29 is 4.79 Å². The molecule has 1 amide bonds. The third kappa shape index (κ3) is 4.04. The zero-order valence-electron chi connectivity index (χ0n) is 18.5.